The zero-order valence-corrected chi connectivity index (χ0v) is 14.1. The highest BCUT2D eigenvalue weighted by Crippen LogP contribution is 2.37. The minimum Gasteiger partial charge on any atom is -0.302 e. The number of hydrogen-bond acceptors (Lipinski definition) is 2. The summed E-state index contributed by atoms with van der Waals surface area (Å²) in [5.74, 6) is 0.162. The van der Waals surface area contributed by atoms with Gasteiger partial charge in [0.2, 0.25) is 0 Å². The normalized spacial score (nSPS) is 19.7. The molecule has 22 heavy (non-hydrogen) atoms. The van der Waals surface area contributed by atoms with Crippen LogP contribution in [0.1, 0.15) is 28.2 Å². The molecule has 0 aromatic heterocycles. The molecule has 0 spiro atoms. The van der Waals surface area contributed by atoms with E-state index < -0.39 is 11.1 Å². The van der Waals surface area contributed by atoms with Crippen molar-refractivity contribution in [2.24, 2.45) is 0 Å². The molecule has 2 aromatic rings. The van der Waals surface area contributed by atoms with Crippen molar-refractivity contribution in [3.63, 3.8) is 0 Å². The van der Waals surface area contributed by atoms with Crippen molar-refractivity contribution in [2.45, 2.75) is 24.3 Å². The molecular formula is C17H18ClNO2S. The zero-order chi connectivity index (χ0) is 15.9. The molecule has 3 rings (SSSR count). The van der Waals surface area contributed by atoms with Crippen LogP contribution in [0.15, 0.2) is 41.3 Å². The van der Waals surface area contributed by atoms with Gasteiger partial charge in [0.25, 0.3) is 0 Å². The van der Waals surface area contributed by atoms with Gasteiger partial charge < -0.3 is 9.45 Å². The lowest BCUT2D eigenvalue weighted by Crippen LogP contribution is -2.31. The number of aryl methyl sites for hydroxylation is 1. The molecule has 1 N–H and O–H groups in total. The smallest absolute Gasteiger partial charge is 0.186 e. The number of nitrogens with zero attached hydrogens (tertiary/aromatic N) is 1. The molecule has 0 fully saturated rings. The van der Waals surface area contributed by atoms with Gasteiger partial charge in [-0.2, -0.15) is 0 Å². The number of hydrogen-bond donors (Lipinski definition) is 1. The molecule has 1 unspecified atom stereocenters. The van der Waals surface area contributed by atoms with Gasteiger partial charge in [-0.25, -0.2) is 4.21 Å². The average molecular weight is 336 g/mol. The zero-order valence-electron chi connectivity index (χ0n) is 12.5. The van der Waals surface area contributed by atoms with Crippen LogP contribution in [-0.2, 0) is 17.6 Å². The Labute approximate surface area is 138 Å². The summed E-state index contributed by atoms with van der Waals surface area (Å²) in [6.45, 7) is 3.74. The molecule has 1 heterocycles. The van der Waals surface area contributed by atoms with Crippen LogP contribution in [0.2, 0.25) is 5.02 Å². The maximum absolute atomic E-state index is 11.3. The molecular weight excluding hydrogens is 318 g/mol. The third-order valence-corrected chi connectivity index (χ3v) is 5.13. The van der Waals surface area contributed by atoms with Crippen LogP contribution in [0.3, 0.4) is 0 Å². The monoisotopic (exact) mass is 335 g/mol. The van der Waals surface area contributed by atoms with Crippen molar-refractivity contribution in [3.05, 3.63) is 63.7 Å². The van der Waals surface area contributed by atoms with Crippen molar-refractivity contribution < 1.29 is 8.76 Å². The Bertz CT molecular complexity index is 747. The molecule has 1 aliphatic rings. The van der Waals surface area contributed by atoms with E-state index in [-0.39, 0.29) is 5.92 Å². The third-order valence-electron chi connectivity index (χ3n) is 4.13. The minimum atomic E-state index is -1.96. The molecule has 0 aliphatic carbocycles. The highest BCUT2D eigenvalue weighted by atomic mass is 35.5. The second-order valence-corrected chi connectivity index (χ2v) is 7.26. The lowest BCUT2D eigenvalue weighted by atomic mass is 9.84. The summed E-state index contributed by atoms with van der Waals surface area (Å²) in [5.41, 5.74) is 4.57. The summed E-state index contributed by atoms with van der Waals surface area (Å²) in [6, 6.07) is 11.5. The fraction of sp³-hybridized carbons (Fsp3) is 0.294. The summed E-state index contributed by atoms with van der Waals surface area (Å²) in [7, 11) is 2.07. The topological polar surface area (TPSA) is 40.5 Å². The fourth-order valence-electron chi connectivity index (χ4n) is 3.15. The van der Waals surface area contributed by atoms with Gasteiger partial charge in [0, 0.05) is 24.0 Å². The van der Waals surface area contributed by atoms with Crippen LogP contribution in [0.4, 0.5) is 0 Å². The van der Waals surface area contributed by atoms with Crippen LogP contribution in [0, 0.1) is 6.92 Å². The second-order valence-electron chi connectivity index (χ2n) is 5.89. The predicted octanol–water partition coefficient (Wildman–Crippen LogP) is 3.81. The van der Waals surface area contributed by atoms with E-state index in [4.69, 9.17) is 11.6 Å². The number of rotatable bonds is 2. The molecule has 0 saturated carbocycles. The third kappa shape index (κ3) is 2.97. The van der Waals surface area contributed by atoms with E-state index in [1.165, 1.54) is 5.56 Å². The van der Waals surface area contributed by atoms with Crippen molar-refractivity contribution in [1.82, 2.24) is 4.90 Å². The van der Waals surface area contributed by atoms with Gasteiger partial charge >= 0.3 is 0 Å². The van der Waals surface area contributed by atoms with Crippen LogP contribution >= 0.6 is 11.6 Å². The number of fused-ring (bicyclic) bond motifs is 1. The minimum absolute atomic E-state index is 0.162. The summed E-state index contributed by atoms with van der Waals surface area (Å²) < 4.78 is 20.7. The predicted molar refractivity (Wildman–Crippen MR) is 89.8 cm³/mol. The first-order chi connectivity index (χ1) is 10.5. The summed E-state index contributed by atoms with van der Waals surface area (Å²) in [6.07, 6.45) is 0. The summed E-state index contributed by atoms with van der Waals surface area (Å²) >= 11 is 4.47. The maximum Gasteiger partial charge on any atom is 0.186 e. The average Bonchev–Trinajstić information content (AvgIpc) is 2.47. The van der Waals surface area contributed by atoms with Crippen molar-refractivity contribution in [3.8, 4) is 0 Å². The maximum atomic E-state index is 11.3. The van der Waals surface area contributed by atoms with Crippen LogP contribution in [0.25, 0.3) is 0 Å². The standard InChI is InChI=1S/C17H18ClNO2S/c1-11-6-14-15(9-19(2)10-16(14)17(18)7-11)12-4-3-5-13(8-12)22(20)21/h3-8,15H,9-10H2,1-2H3,(H,20,21)/t15-/m0/s1. The first-order valence-corrected chi connectivity index (χ1v) is 8.62. The van der Waals surface area contributed by atoms with Gasteiger partial charge in [0.1, 0.15) is 0 Å². The number of benzene rings is 2. The van der Waals surface area contributed by atoms with Crippen LogP contribution in [0.5, 0.6) is 0 Å². The van der Waals surface area contributed by atoms with E-state index in [1.807, 2.05) is 31.2 Å². The molecule has 1 aliphatic heterocycles. The second kappa shape index (κ2) is 6.13. The Hall–Kier alpha value is -1.20. The summed E-state index contributed by atoms with van der Waals surface area (Å²) in [5, 5.41) is 0.799. The van der Waals surface area contributed by atoms with Gasteiger partial charge in [-0.1, -0.05) is 29.8 Å². The Morgan fingerprint density at radius 1 is 1.32 bits per heavy atom. The van der Waals surface area contributed by atoms with Gasteiger partial charge in [-0.05, 0) is 54.4 Å². The molecule has 3 nitrogen and oxygen atoms in total. The van der Waals surface area contributed by atoms with Gasteiger partial charge in [-0.15, -0.1) is 0 Å². The first kappa shape index (κ1) is 15.7. The molecule has 0 saturated heterocycles. The van der Waals surface area contributed by atoms with E-state index in [0.717, 1.165) is 34.8 Å². The largest absolute Gasteiger partial charge is 0.302 e. The SMILES string of the molecule is Cc1cc(Cl)c2c(c1)[C@H](c1cccc(S(=O)O)c1)CN(C)C2. The number of likely N-dealkylation sites (N-methyl/N-ethyl adjacent to an activating group) is 1. The van der Waals surface area contributed by atoms with E-state index in [0.29, 0.717) is 4.90 Å². The van der Waals surface area contributed by atoms with Gasteiger partial charge in [-0.3, -0.25) is 0 Å². The highest BCUT2D eigenvalue weighted by molar-refractivity contribution is 7.79. The number of halogens is 1. The van der Waals surface area contributed by atoms with Gasteiger partial charge in [0.05, 0.1) is 4.90 Å². The molecule has 0 radical (unpaired) electrons. The molecule has 5 heteroatoms. The molecule has 116 valence electrons. The van der Waals surface area contributed by atoms with E-state index in [1.54, 1.807) is 6.07 Å². The van der Waals surface area contributed by atoms with Crippen LogP contribution < -0.4 is 0 Å². The molecule has 0 amide bonds. The van der Waals surface area contributed by atoms with E-state index >= 15 is 0 Å². The van der Waals surface area contributed by atoms with Crippen LogP contribution in [-0.4, -0.2) is 27.3 Å². The lowest BCUT2D eigenvalue weighted by molar-refractivity contribution is 0.295. The Morgan fingerprint density at radius 3 is 2.82 bits per heavy atom. The first-order valence-electron chi connectivity index (χ1n) is 7.14. The quantitative estimate of drug-likeness (QED) is 0.848. The fourth-order valence-corrected chi connectivity index (χ4v) is 3.92. The Kier molecular flexibility index (Phi) is 4.37. The summed E-state index contributed by atoms with van der Waals surface area (Å²) in [4.78, 5) is 2.67. The lowest BCUT2D eigenvalue weighted by Gasteiger charge is -2.33. The van der Waals surface area contributed by atoms with Crippen molar-refractivity contribution >= 4 is 22.7 Å². The van der Waals surface area contributed by atoms with Crippen molar-refractivity contribution in [1.29, 1.82) is 0 Å². The molecule has 2 aromatic carbocycles. The Balaban J connectivity index is 2.13. The molecule has 2 atom stereocenters. The van der Waals surface area contributed by atoms with E-state index in [2.05, 4.69) is 18.0 Å². The highest BCUT2D eigenvalue weighted by Gasteiger charge is 2.27. The Morgan fingerprint density at radius 2 is 2.09 bits per heavy atom. The van der Waals surface area contributed by atoms with Crippen molar-refractivity contribution in [2.75, 3.05) is 13.6 Å². The van der Waals surface area contributed by atoms with E-state index in [9.17, 15) is 8.76 Å². The molecule has 0 bridgehead atoms. The van der Waals surface area contributed by atoms with Gasteiger partial charge in [0.15, 0.2) is 11.1 Å².